The van der Waals surface area contributed by atoms with E-state index in [1.807, 2.05) is 24.3 Å². The molecule has 0 aliphatic rings. The molecule has 0 aliphatic carbocycles. The number of hydrogen-bond donors (Lipinski definition) is 2. The van der Waals surface area contributed by atoms with Crippen LogP contribution in [0.5, 0.6) is 5.75 Å². The van der Waals surface area contributed by atoms with Crippen molar-refractivity contribution in [3.8, 4) is 5.75 Å². The Kier molecular flexibility index (Phi) is 9.40. The summed E-state index contributed by atoms with van der Waals surface area (Å²) in [4.78, 5) is 13.1. The van der Waals surface area contributed by atoms with Gasteiger partial charge in [0, 0.05) is 17.1 Å². The maximum atomic E-state index is 11.9. The van der Waals surface area contributed by atoms with Crippen molar-refractivity contribution in [1.29, 1.82) is 0 Å². The highest BCUT2D eigenvalue weighted by molar-refractivity contribution is 7.99. The number of thiocarbonyl (C=S) groups is 1. The molecule has 0 unspecified atom stereocenters. The van der Waals surface area contributed by atoms with Crippen LogP contribution in [-0.2, 0) is 4.74 Å². The van der Waals surface area contributed by atoms with Crippen molar-refractivity contribution in [2.75, 3.05) is 31.3 Å². The number of carbonyl (C=O) groups is 1. The lowest BCUT2D eigenvalue weighted by atomic mass is 10.2. The number of esters is 1. The lowest BCUT2D eigenvalue weighted by molar-refractivity contribution is 0.0526. The van der Waals surface area contributed by atoms with E-state index in [2.05, 4.69) is 10.6 Å². The average Bonchev–Trinajstić information content (AvgIpc) is 2.69. The molecule has 0 heterocycles. The van der Waals surface area contributed by atoms with E-state index in [4.69, 9.17) is 33.3 Å². The minimum absolute atomic E-state index is 0.293. The van der Waals surface area contributed by atoms with E-state index >= 15 is 0 Å². The number of anilines is 1. The molecule has 0 aliphatic heterocycles. The number of carbonyl (C=O) groups excluding carboxylic acids is 1. The molecule has 2 rings (SSSR count). The monoisotopic (exact) mass is 438 g/mol. The molecular formula is C20H23ClN2O3S2. The number of hydrogen-bond acceptors (Lipinski definition) is 5. The SMILES string of the molecule is CCOC(=O)c1cc(NC(=S)NCCCSc2ccc(OC)cc2)ccc1Cl. The molecule has 8 heteroatoms. The Morgan fingerprint density at radius 1 is 1.21 bits per heavy atom. The first-order valence-corrected chi connectivity index (χ1v) is 10.6. The second-order valence-corrected chi connectivity index (χ2v) is 7.66. The third-order valence-corrected chi connectivity index (χ3v) is 5.33. The summed E-state index contributed by atoms with van der Waals surface area (Å²) < 4.78 is 10.2. The van der Waals surface area contributed by atoms with E-state index in [1.165, 1.54) is 4.90 Å². The van der Waals surface area contributed by atoms with Crippen LogP contribution in [0, 0.1) is 0 Å². The van der Waals surface area contributed by atoms with Gasteiger partial charge in [-0.2, -0.15) is 0 Å². The van der Waals surface area contributed by atoms with Crippen molar-refractivity contribution in [3.63, 3.8) is 0 Å². The number of benzene rings is 2. The number of rotatable bonds is 9. The summed E-state index contributed by atoms with van der Waals surface area (Å²) in [5.74, 6) is 1.37. The number of halogens is 1. The van der Waals surface area contributed by atoms with Gasteiger partial charge >= 0.3 is 5.97 Å². The standard InChI is InChI=1S/C20H23ClN2O3S2/c1-3-26-19(24)17-13-14(5-10-18(17)21)23-20(27)22-11-4-12-28-16-8-6-15(25-2)7-9-16/h5-10,13H,3-4,11-12H2,1-2H3,(H2,22,23,27). The smallest absolute Gasteiger partial charge is 0.339 e. The van der Waals surface area contributed by atoms with E-state index < -0.39 is 5.97 Å². The van der Waals surface area contributed by atoms with Crippen LogP contribution in [0.4, 0.5) is 5.69 Å². The first-order chi connectivity index (χ1) is 13.5. The highest BCUT2D eigenvalue weighted by Gasteiger charge is 2.12. The van der Waals surface area contributed by atoms with Crippen LogP contribution in [0.1, 0.15) is 23.7 Å². The quantitative estimate of drug-likeness (QED) is 0.247. The summed E-state index contributed by atoms with van der Waals surface area (Å²) in [5.41, 5.74) is 0.991. The van der Waals surface area contributed by atoms with Gasteiger partial charge in [-0.15, -0.1) is 11.8 Å². The average molecular weight is 439 g/mol. The van der Waals surface area contributed by atoms with Crippen LogP contribution in [0.2, 0.25) is 5.02 Å². The normalized spacial score (nSPS) is 10.2. The van der Waals surface area contributed by atoms with E-state index in [9.17, 15) is 4.79 Å². The van der Waals surface area contributed by atoms with Gasteiger partial charge in [0.25, 0.3) is 0 Å². The third-order valence-electron chi connectivity index (χ3n) is 3.65. The second kappa shape index (κ2) is 11.8. The molecule has 28 heavy (non-hydrogen) atoms. The van der Waals surface area contributed by atoms with E-state index in [1.54, 1.807) is 44.0 Å². The Bertz CT molecular complexity index is 801. The van der Waals surface area contributed by atoms with Crippen molar-refractivity contribution >= 4 is 52.3 Å². The molecule has 0 bridgehead atoms. The van der Waals surface area contributed by atoms with Crippen LogP contribution in [-0.4, -0.2) is 37.1 Å². The van der Waals surface area contributed by atoms with Crippen molar-refractivity contribution in [3.05, 3.63) is 53.1 Å². The van der Waals surface area contributed by atoms with Crippen LogP contribution in [0.15, 0.2) is 47.4 Å². The number of thioether (sulfide) groups is 1. The summed E-state index contributed by atoms with van der Waals surface area (Å²) in [7, 11) is 1.66. The first kappa shape index (κ1) is 22.3. The van der Waals surface area contributed by atoms with Gasteiger partial charge in [0.1, 0.15) is 5.75 Å². The fraction of sp³-hybridized carbons (Fsp3) is 0.300. The summed E-state index contributed by atoms with van der Waals surface area (Å²) >= 11 is 13.2. The molecule has 5 nitrogen and oxygen atoms in total. The van der Waals surface area contributed by atoms with Gasteiger partial charge in [0.15, 0.2) is 5.11 Å². The molecule has 0 atom stereocenters. The van der Waals surface area contributed by atoms with Gasteiger partial charge in [0.05, 0.1) is 24.3 Å². The van der Waals surface area contributed by atoms with Crippen molar-refractivity contribution in [1.82, 2.24) is 5.32 Å². The molecule has 2 aromatic rings. The molecule has 0 spiro atoms. The zero-order chi connectivity index (χ0) is 20.4. The zero-order valence-corrected chi connectivity index (χ0v) is 18.2. The Hall–Kier alpha value is -1.96. The largest absolute Gasteiger partial charge is 0.497 e. The minimum Gasteiger partial charge on any atom is -0.497 e. The number of methoxy groups -OCH3 is 1. The first-order valence-electron chi connectivity index (χ1n) is 8.82. The van der Waals surface area contributed by atoms with Crippen LogP contribution >= 0.6 is 35.6 Å². The van der Waals surface area contributed by atoms with Gasteiger partial charge in [0.2, 0.25) is 0 Å². The van der Waals surface area contributed by atoms with Gasteiger partial charge in [-0.25, -0.2) is 4.79 Å². The Balaban J connectivity index is 1.73. The molecule has 0 radical (unpaired) electrons. The van der Waals surface area contributed by atoms with E-state index in [-0.39, 0.29) is 0 Å². The molecular weight excluding hydrogens is 416 g/mol. The highest BCUT2D eigenvalue weighted by atomic mass is 35.5. The van der Waals surface area contributed by atoms with Gasteiger partial charge in [-0.3, -0.25) is 0 Å². The third kappa shape index (κ3) is 7.22. The van der Waals surface area contributed by atoms with Gasteiger partial charge < -0.3 is 20.1 Å². The number of ether oxygens (including phenoxy) is 2. The molecule has 0 saturated carbocycles. The Morgan fingerprint density at radius 2 is 1.96 bits per heavy atom. The fourth-order valence-electron chi connectivity index (χ4n) is 2.28. The summed E-state index contributed by atoms with van der Waals surface area (Å²) in [6.45, 7) is 2.79. The Morgan fingerprint density at radius 3 is 2.64 bits per heavy atom. The number of nitrogens with one attached hydrogen (secondary N) is 2. The molecule has 0 fully saturated rings. The van der Waals surface area contributed by atoms with Gasteiger partial charge in [-0.1, -0.05) is 11.6 Å². The summed E-state index contributed by atoms with van der Waals surface area (Å²) in [6, 6.07) is 13.0. The molecule has 150 valence electrons. The maximum Gasteiger partial charge on any atom is 0.339 e. The maximum absolute atomic E-state index is 11.9. The lowest BCUT2D eigenvalue weighted by Crippen LogP contribution is -2.29. The second-order valence-electron chi connectivity index (χ2n) is 5.67. The Labute approximate surface area is 180 Å². The predicted molar refractivity (Wildman–Crippen MR) is 120 cm³/mol. The minimum atomic E-state index is -0.453. The molecule has 2 N–H and O–H groups in total. The topological polar surface area (TPSA) is 59.6 Å². The lowest BCUT2D eigenvalue weighted by Gasteiger charge is -2.12. The molecule has 0 amide bonds. The highest BCUT2D eigenvalue weighted by Crippen LogP contribution is 2.22. The summed E-state index contributed by atoms with van der Waals surface area (Å²) in [5, 5.41) is 7.06. The van der Waals surface area contributed by atoms with Crippen LogP contribution < -0.4 is 15.4 Å². The van der Waals surface area contributed by atoms with Crippen molar-refractivity contribution < 1.29 is 14.3 Å². The van der Waals surface area contributed by atoms with E-state index in [0.29, 0.717) is 28.0 Å². The zero-order valence-electron chi connectivity index (χ0n) is 15.8. The van der Waals surface area contributed by atoms with Crippen molar-refractivity contribution in [2.24, 2.45) is 0 Å². The van der Waals surface area contributed by atoms with Crippen LogP contribution in [0.3, 0.4) is 0 Å². The van der Waals surface area contributed by atoms with E-state index in [0.717, 1.165) is 24.5 Å². The molecule has 0 saturated heterocycles. The summed E-state index contributed by atoms with van der Waals surface area (Å²) in [6.07, 6.45) is 0.952. The molecule has 0 aromatic heterocycles. The van der Waals surface area contributed by atoms with Gasteiger partial charge in [-0.05, 0) is 73.8 Å². The fourth-order valence-corrected chi connectivity index (χ4v) is 3.55. The van der Waals surface area contributed by atoms with Crippen molar-refractivity contribution in [2.45, 2.75) is 18.2 Å². The van der Waals surface area contributed by atoms with Crippen LogP contribution in [0.25, 0.3) is 0 Å². The predicted octanol–water partition coefficient (Wildman–Crippen LogP) is 4.99. The molecule has 2 aromatic carbocycles.